The van der Waals surface area contributed by atoms with E-state index in [1.54, 1.807) is 32.7 Å². The predicted octanol–water partition coefficient (Wildman–Crippen LogP) is 2.14. The zero-order chi connectivity index (χ0) is 20.9. The molecule has 30 heavy (non-hydrogen) atoms. The van der Waals surface area contributed by atoms with Crippen molar-refractivity contribution < 1.29 is 14.4 Å². The summed E-state index contributed by atoms with van der Waals surface area (Å²) in [7, 11) is 0. The lowest BCUT2D eigenvalue weighted by Crippen LogP contribution is -2.54. The maximum absolute atomic E-state index is 12.8. The molecule has 0 saturated carbocycles. The van der Waals surface area contributed by atoms with Gasteiger partial charge in [0, 0.05) is 55.9 Å². The highest BCUT2D eigenvalue weighted by Crippen LogP contribution is 2.26. The average molecular weight is 425 g/mol. The number of nitrogens with zero attached hydrogens (tertiary/aromatic N) is 4. The summed E-state index contributed by atoms with van der Waals surface area (Å²) in [5.74, 6) is -0.907. The number of likely N-dealkylation sites (tertiary alicyclic amines) is 1. The van der Waals surface area contributed by atoms with Crippen LogP contribution in [0.15, 0.2) is 58.6 Å². The van der Waals surface area contributed by atoms with Crippen LogP contribution >= 0.6 is 11.8 Å². The molecule has 2 aliphatic heterocycles. The Kier molecular flexibility index (Phi) is 6.32. The first-order valence-electron chi connectivity index (χ1n) is 10.2. The summed E-state index contributed by atoms with van der Waals surface area (Å²) >= 11 is 1.54. The van der Waals surface area contributed by atoms with Crippen molar-refractivity contribution in [2.75, 3.05) is 39.3 Å². The van der Waals surface area contributed by atoms with E-state index in [1.165, 1.54) is 0 Å². The molecule has 156 valence electrons. The Morgan fingerprint density at radius 1 is 0.733 bits per heavy atom. The summed E-state index contributed by atoms with van der Waals surface area (Å²) in [5, 5.41) is 0.904. The third-order valence-electron chi connectivity index (χ3n) is 5.39. The van der Waals surface area contributed by atoms with Gasteiger partial charge < -0.3 is 14.7 Å². The van der Waals surface area contributed by atoms with Gasteiger partial charge in [0.05, 0.1) is 0 Å². The average Bonchev–Trinajstić information content (AvgIpc) is 3.34. The maximum Gasteiger partial charge on any atom is 0.312 e. The van der Waals surface area contributed by atoms with Crippen LogP contribution in [-0.2, 0) is 9.59 Å². The third-order valence-corrected chi connectivity index (χ3v) is 6.35. The van der Waals surface area contributed by atoms with Crippen LogP contribution in [0.25, 0.3) is 0 Å². The number of benzene rings is 1. The summed E-state index contributed by atoms with van der Waals surface area (Å²) in [5.41, 5.74) is 0.619. The van der Waals surface area contributed by atoms with E-state index < -0.39 is 11.8 Å². The molecule has 3 amide bonds. The maximum atomic E-state index is 12.8. The van der Waals surface area contributed by atoms with E-state index in [0.717, 1.165) is 22.8 Å². The van der Waals surface area contributed by atoms with Gasteiger partial charge in [0.2, 0.25) is 0 Å². The van der Waals surface area contributed by atoms with E-state index in [4.69, 9.17) is 0 Å². The SMILES string of the molecule is O=C(C(=O)N1CCN(C(=O)c2ccc(Sc3ccccn3)cc2)CC1)N1CCCC1. The molecule has 2 aromatic rings. The number of hydrogen-bond donors (Lipinski definition) is 0. The van der Waals surface area contributed by atoms with Crippen LogP contribution < -0.4 is 0 Å². The van der Waals surface area contributed by atoms with Gasteiger partial charge in [-0.15, -0.1) is 0 Å². The van der Waals surface area contributed by atoms with Gasteiger partial charge in [0.15, 0.2) is 0 Å². The fourth-order valence-electron chi connectivity index (χ4n) is 3.68. The van der Waals surface area contributed by atoms with Gasteiger partial charge in [0.1, 0.15) is 5.03 Å². The first-order chi connectivity index (χ1) is 14.6. The standard InChI is InChI=1S/C22H24N4O3S/c27-20(17-6-8-18(9-7-17)30-19-5-1-2-10-23-19)25-13-15-26(16-14-25)22(29)21(28)24-11-3-4-12-24/h1-2,5-10H,3-4,11-16H2. The van der Waals surface area contributed by atoms with E-state index in [9.17, 15) is 14.4 Å². The Balaban J connectivity index is 1.30. The summed E-state index contributed by atoms with van der Waals surface area (Å²) in [6.45, 7) is 2.97. The van der Waals surface area contributed by atoms with Crippen LogP contribution in [-0.4, -0.2) is 76.7 Å². The molecule has 1 aromatic heterocycles. The van der Waals surface area contributed by atoms with Crippen molar-refractivity contribution in [1.29, 1.82) is 0 Å². The van der Waals surface area contributed by atoms with Crippen LogP contribution in [0.1, 0.15) is 23.2 Å². The van der Waals surface area contributed by atoms with E-state index in [-0.39, 0.29) is 5.91 Å². The Hall–Kier alpha value is -2.87. The van der Waals surface area contributed by atoms with Crippen molar-refractivity contribution in [1.82, 2.24) is 19.7 Å². The minimum atomic E-state index is -0.445. The molecule has 3 heterocycles. The van der Waals surface area contributed by atoms with Gasteiger partial charge in [-0.25, -0.2) is 4.98 Å². The van der Waals surface area contributed by atoms with Crippen LogP contribution in [0.5, 0.6) is 0 Å². The summed E-state index contributed by atoms with van der Waals surface area (Å²) in [6, 6.07) is 13.2. The molecule has 0 atom stereocenters. The van der Waals surface area contributed by atoms with Gasteiger partial charge in [-0.3, -0.25) is 14.4 Å². The number of pyridine rings is 1. The second-order valence-electron chi connectivity index (χ2n) is 7.38. The molecule has 0 bridgehead atoms. The number of rotatable bonds is 3. The van der Waals surface area contributed by atoms with E-state index >= 15 is 0 Å². The van der Waals surface area contributed by atoms with Crippen LogP contribution in [0.3, 0.4) is 0 Å². The van der Waals surface area contributed by atoms with Gasteiger partial charge in [-0.05, 0) is 49.2 Å². The topological polar surface area (TPSA) is 73.8 Å². The quantitative estimate of drug-likeness (QED) is 0.706. The van der Waals surface area contributed by atoms with Gasteiger partial charge in [0.25, 0.3) is 5.91 Å². The first-order valence-corrected chi connectivity index (χ1v) is 11.0. The molecule has 8 heteroatoms. The molecule has 0 spiro atoms. The summed E-state index contributed by atoms with van der Waals surface area (Å²) in [6.07, 6.45) is 3.67. The molecule has 1 aromatic carbocycles. The molecular weight excluding hydrogens is 400 g/mol. The number of amides is 3. The van der Waals surface area contributed by atoms with Gasteiger partial charge in [-0.1, -0.05) is 17.8 Å². The predicted molar refractivity (Wildman–Crippen MR) is 113 cm³/mol. The number of carbonyl (C=O) groups excluding carboxylic acids is 3. The fourth-order valence-corrected chi connectivity index (χ4v) is 4.45. The number of hydrogen-bond acceptors (Lipinski definition) is 5. The fraction of sp³-hybridized carbons (Fsp3) is 0.364. The Bertz CT molecular complexity index is 906. The van der Waals surface area contributed by atoms with Crippen molar-refractivity contribution >= 4 is 29.5 Å². The van der Waals surface area contributed by atoms with Crippen molar-refractivity contribution in [2.24, 2.45) is 0 Å². The monoisotopic (exact) mass is 424 g/mol. The number of aromatic nitrogens is 1. The molecule has 0 radical (unpaired) electrons. The molecule has 0 unspecified atom stereocenters. The van der Waals surface area contributed by atoms with E-state index in [0.29, 0.717) is 44.8 Å². The van der Waals surface area contributed by atoms with Crippen molar-refractivity contribution in [3.05, 3.63) is 54.2 Å². The molecule has 7 nitrogen and oxygen atoms in total. The smallest absolute Gasteiger partial charge is 0.312 e. The number of piperazine rings is 1. The lowest BCUT2D eigenvalue weighted by atomic mass is 10.2. The van der Waals surface area contributed by atoms with Crippen LogP contribution in [0, 0.1) is 0 Å². The highest BCUT2D eigenvalue weighted by Gasteiger charge is 2.31. The van der Waals surface area contributed by atoms with Crippen molar-refractivity contribution in [3.63, 3.8) is 0 Å². The summed E-state index contributed by atoms with van der Waals surface area (Å²) in [4.78, 5) is 47.8. The molecule has 0 aliphatic carbocycles. The van der Waals surface area contributed by atoms with Crippen molar-refractivity contribution in [2.45, 2.75) is 22.8 Å². The third kappa shape index (κ3) is 4.64. The van der Waals surface area contributed by atoms with Crippen LogP contribution in [0.4, 0.5) is 0 Å². The second kappa shape index (κ2) is 9.30. The molecule has 0 N–H and O–H groups in total. The molecular formula is C22H24N4O3S. The highest BCUT2D eigenvalue weighted by molar-refractivity contribution is 7.99. The van der Waals surface area contributed by atoms with Crippen LogP contribution in [0.2, 0.25) is 0 Å². The first kappa shape index (κ1) is 20.4. The Morgan fingerprint density at radius 2 is 1.33 bits per heavy atom. The zero-order valence-electron chi connectivity index (χ0n) is 16.7. The lowest BCUT2D eigenvalue weighted by molar-refractivity contribution is -0.152. The zero-order valence-corrected chi connectivity index (χ0v) is 17.5. The minimum Gasteiger partial charge on any atom is -0.335 e. The normalized spacial score (nSPS) is 16.6. The Morgan fingerprint density at radius 3 is 1.93 bits per heavy atom. The highest BCUT2D eigenvalue weighted by atomic mass is 32.2. The van der Waals surface area contributed by atoms with Gasteiger partial charge >= 0.3 is 11.8 Å². The molecule has 4 rings (SSSR count). The Labute approximate surface area is 180 Å². The van der Waals surface area contributed by atoms with Crippen molar-refractivity contribution in [3.8, 4) is 0 Å². The molecule has 2 fully saturated rings. The van der Waals surface area contributed by atoms with E-state index in [2.05, 4.69) is 4.98 Å². The second-order valence-corrected chi connectivity index (χ2v) is 8.47. The van der Waals surface area contributed by atoms with E-state index in [1.807, 2.05) is 42.5 Å². The lowest BCUT2D eigenvalue weighted by Gasteiger charge is -2.35. The number of carbonyl (C=O) groups is 3. The van der Waals surface area contributed by atoms with Gasteiger partial charge in [-0.2, -0.15) is 0 Å². The largest absolute Gasteiger partial charge is 0.335 e. The minimum absolute atomic E-state index is 0.0534. The molecule has 2 saturated heterocycles. The summed E-state index contributed by atoms with van der Waals surface area (Å²) < 4.78 is 0. The molecule has 2 aliphatic rings.